The van der Waals surface area contributed by atoms with Crippen LogP contribution >= 0.6 is 0 Å². The third kappa shape index (κ3) is 14.2. The number of nitrogens with zero attached hydrogens (tertiary/aromatic N) is 5. The summed E-state index contributed by atoms with van der Waals surface area (Å²) in [5.41, 5.74) is 5.20. The first kappa shape index (κ1) is 76.3. The van der Waals surface area contributed by atoms with Gasteiger partial charge in [-0.15, -0.1) is 0 Å². The zero-order chi connectivity index (χ0) is 73.3. The highest BCUT2D eigenvalue weighted by molar-refractivity contribution is 5.98. The molecule has 9 aliphatic carbocycles. The fourth-order valence-corrected chi connectivity index (χ4v) is 19.3. The van der Waals surface area contributed by atoms with Crippen LogP contribution in [-0.4, -0.2) is 220 Å². The van der Waals surface area contributed by atoms with Crippen LogP contribution in [0.25, 0.3) is 0 Å². The van der Waals surface area contributed by atoms with Gasteiger partial charge in [0.15, 0.2) is 5.78 Å². The summed E-state index contributed by atoms with van der Waals surface area (Å²) in [5, 5.41) is 51.6. The number of allylic oxidation sites excluding steroid dienone is 1. The van der Waals surface area contributed by atoms with Gasteiger partial charge in [0.25, 0.3) is 5.56 Å². The molecular weight excluding hydrogens is 1300 g/mol. The molecule has 8 fully saturated rings. The summed E-state index contributed by atoms with van der Waals surface area (Å²) >= 11 is 0. The third-order valence-corrected chi connectivity index (χ3v) is 25.0. The first-order valence-corrected chi connectivity index (χ1v) is 36.5. The number of nitriles is 1. The number of piperidine rings is 3. The minimum absolute atomic E-state index is 0.00519. The number of nitrogens with one attached hydrogen (secondary N) is 1. The number of pyridine rings is 1. The number of hydrogen-bond acceptors (Lipinski definition) is 21. The number of esters is 2. The lowest BCUT2D eigenvalue weighted by Crippen LogP contribution is -2.74. The molecule has 4 aromatic rings. The van der Waals surface area contributed by atoms with Crippen molar-refractivity contribution in [1.82, 2.24) is 24.6 Å². The minimum atomic E-state index is -1.00. The van der Waals surface area contributed by atoms with Crippen LogP contribution in [0.2, 0.25) is 0 Å². The van der Waals surface area contributed by atoms with E-state index in [2.05, 4.69) is 60.8 Å². The molecule has 5 saturated carbocycles. The van der Waals surface area contributed by atoms with E-state index in [1.54, 1.807) is 47.7 Å². The van der Waals surface area contributed by atoms with Crippen molar-refractivity contribution in [3.8, 4) is 23.3 Å². The van der Waals surface area contributed by atoms with E-state index in [9.17, 15) is 39.3 Å². The number of methoxy groups -OCH3 is 7. The van der Waals surface area contributed by atoms with Gasteiger partial charge >= 0.3 is 11.9 Å². The van der Waals surface area contributed by atoms with Crippen LogP contribution < -0.4 is 19.8 Å². The molecule has 3 aromatic carbocycles. The second-order valence-corrected chi connectivity index (χ2v) is 30.6. The number of aliphatic hydroxyl groups excluding tert-OH is 1. The lowest BCUT2D eigenvalue weighted by molar-refractivity contribution is -0.179. The molecule has 9 atom stereocenters. The van der Waals surface area contributed by atoms with Crippen molar-refractivity contribution in [3.63, 3.8) is 0 Å². The van der Waals surface area contributed by atoms with Crippen molar-refractivity contribution in [2.75, 3.05) is 110 Å². The molecule has 12 aliphatic rings. The van der Waals surface area contributed by atoms with Gasteiger partial charge < -0.3 is 58.6 Å². The van der Waals surface area contributed by atoms with Crippen molar-refractivity contribution in [1.29, 1.82) is 5.26 Å². The summed E-state index contributed by atoms with van der Waals surface area (Å²) in [6.45, 7) is 8.05. The first-order valence-electron chi connectivity index (χ1n) is 36.5. The number of aliphatic hydroxyl groups is 4. The maximum atomic E-state index is 12.9. The number of ether oxygens (including phenoxy) is 7. The van der Waals surface area contributed by atoms with Gasteiger partial charge in [-0.05, 0) is 229 Å². The zero-order valence-corrected chi connectivity index (χ0v) is 61.7. The molecule has 1 aromatic heterocycles. The smallest absolute Gasteiger partial charge is 0.343 e. The highest BCUT2D eigenvalue weighted by Crippen LogP contribution is 2.62. The van der Waals surface area contributed by atoms with Crippen molar-refractivity contribution in [2.45, 2.75) is 193 Å². The molecule has 0 amide bonds. The summed E-state index contributed by atoms with van der Waals surface area (Å²) < 4.78 is 35.2. The first-order chi connectivity index (χ1) is 49.0. The molecule has 102 heavy (non-hydrogen) atoms. The van der Waals surface area contributed by atoms with Crippen LogP contribution in [0.15, 0.2) is 77.1 Å². The number of carbonyl (C=O) groups is 4. The molecule has 0 unspecified atom stereocenters. The second-order valence-electron chi connectivity index (χ2n) is 30.6. The Balaban J connectivity index is 0.000000139. The van der Waals surface area contributed by atoms with Gasteiger partial charge in [0, 0.05) is 120 Å². The maximum absolute atomic E-state index is 12.9. The topological polar surface area (TPSA) is 283 Å². The zero-order valence-electron chi connectivity index (χ0n) is 61.7. The molecule has 22 heteroatoms. The summed E-state index contributed by atoms with van der Waals surface area (Å²) in [4.78, 5) is 72.5. The molecular formula is C80H108N6O16. The van der Waals surface area contributed by atoms with Crippen molar-refractivity contribution in [3.05, 3.63) is 133 Å². The quantitative estimate of drug-likeness (QED) is 0.0472. The van der Waals surface area contributed by atoms with Crippen molar-refractivity contribution < 1.29 is 72.8 Å². The summed E-state index contributed by atoms with van der Waals surface area (Å²) in [7, 11) is 15.5. The van der Waals surface area contributed by atoms with Crippen LogP contribution in [0.5, 0.6) is 17.2 Å². The Labute approximate surface area is 600 Å². The van der Waals surface area contributed by atoms with Crippen LogP contribution in [0, 0.1) is 29.1 Å². The Kier molecular flexibility index (Phi) is 23.2. The van der Waals surface area contributed by atoms with E-state index in [-0.39, 0.29) is 42.3 Å². The Morgan fingerprint density at radius 3 is 1.39 bits per heavy atom. The number of benzene rings is 3. The van der Waals surface area contributed by atoms with Crippen LogP contribution in [0.3, 0.4) is 0 Å². The predicted molar refractivity (Wildman–Crippen MR) is 383 cm³/mol. The predicted octanol–water partition coefficient (Wildman–Crippen LogP) is 7.26. The molecule has 0 radical (unpaired) electrons. The normalized spacial score (nSPS) is 30.1. The minimum Gasteiger partial charge on any atom is -0.497 e. The van der Waals surface area contributed by atoms with Crippen molar-refractivity contribution >= 4 is 23.5 Å². The van der Waals surface area contributed by atoms with E-state index in [0.717, 1.165) is 148 Å². The third-order valence-electron chi connectivity index (χ3n) is 25.0. The molecule has 22 nitrogen and oxygen atoms in total. The van der Waals surface area contributed by atoms with Crippen LogP contribution in [0.1, 0.15) is 158 Å². The fourth-order valence-electron chi connectivity index (χ4n) is 19.3. The number of fused-ring (bicyclic) bond motifs is 4. The monoisotopic (exact) mass is 1410 g/mol. The second kappa shape index (κ2) is 31.1. The number of Topliss-reactive ketones (excluding diaryl/α,β-unsaturated/α-hetero) is 2. The highest BCUT2D eigenvalue weighted by Gasteiger charge is 2.68. The average molecular weight is 1410 g/mol. The lowest BCUT2D eigenvalue weighted by atomic mass is 9.48. The van der Waals surface area contributed by atoms with E-state index in [0.29, 0.717) is 50.7 Å². The standard InChI is InChI=1S/C26H30N2O5.C23H29NO3.C21H27NO3.C5H13NO2.C4H5NO2.CH4O/c1-32-18-6-5-16-10-22-26(31)12-17-9-19(24(30)33-2)23(29)27-21(17)13-25(26,20(16)11-18)7-8-28(22)14-15-3-4-15;1-3-16-12-23(26)21-10-17-6-7-18(27-2)11-19(17)22(23,13-20(16)25)8-9-24(21)14-15-4-5-15;1-25-17-5-4-15-10-19-21(24)7-6-16(23)12-20(21,18(15)11-17)8-9-22(19)13-14-2-3-14;1-6(2)5(7-3)8-4;1-7-4(6)2-3-5;1-2/h5-6,9,11,15,22,31H,3-4,7-8,10,12-14H2,1-2H3,(H,27,29);3,6-7,11,15,21,26H,4-5,8-10,12-14H2,1-2H3;4-5,11,14,19,24H,2-3,6-10,12-13H2,1H3;5H,1-4H3;2H2,1H3;2H,1H3/t22-,25-,26-;21-,22-,23-;19-,20-,21-;;;/m111.../s1. The van der Waals surface area contributed by atoms with Gasteiger partial charge in [-0.1, -0.05) is 24.3 Å². The number of likely N-dealkylation sites (tertiary alicyclic amines) is 3. The Bertz CT molecular complexity index is 3870. The average Bonchev–Trinajstić information content (AvgIpc) is 0.706. The molecule has 3 saturated heterocycles. The number of H-pyrrole nitrogens is 1. The SMILES string of the molecule is CC=C1C[C@@]2(O)[C@H]3Cc4ccc(OC)cc4[C@@]2(CCN3CC2CC2)CC1=O.CO.COC(=O)CC#N.COC(=O)c1cc2c([nH]c1=O)C[C@]13CCN(CC4CC4)[C@H](Cc4ccc(OC)cc41)[C@]3(O)C2.COC(OC)N(C)C.COc1ccc2c(c1)[C@]13CCN(CC4CC4)[C@H](C2)[C@]1(O)CCC(=O)C3. The van der Waals surface area contributed by atoms with Gasteiger partial charge in [-0.3, -0.25) is 38.8 Å². The molecule has 5 N–H and O–H groups in total. The fraction of sp³-hybridized carbons (Fsp3) is 0.625. The maximum Gasteiger partial charge on any atom is 0.343 e. The number of aromatic nitrogens is 1. The van der Waals surface area contributed by atoms with Gasteiger partial charge in [0.2, 0.25) is 6.41 Å². The number of hydrogen-bond donors (Lipinski definition) is 5. The van der Waals surface area contributed by atoms with E-state index >= 15 is 0 Å². The van der Waals surface area contributed by atoms with E-state index in [1.165, 1.54) is 75.0 Å². The lowest BCUT2D eigenvalue weighted by Gasteiger charge is -2.63. The van der Waals surface area contributed by atoms with E-state index in [4.69, 9.17) is 38.8 Å². The molecule has 3 aliphatic heterocycles. The van der Waals surface area contributed by atoms with Crippen LogP contribution in [0.4, 0.5) is 0 Å². The van der Waals surface area contributed by atoms with Gasteiger partial charge in [0.05, 0.1) is 58.4 Å². The Morgan fingerprint density at radius 2 is 1.02 bits per heavy atom. The number of aromatic amines is 1. The van der Waals surface area contributed by atoms with Crippen molar-refractivity contribution in [2.24, 2.45) is 17.8 Å². The molecule has 6 bridgehead atoms. The Morgan fingerprint density at radius 1 is 0.588 bits per heavy atom. The largest absolute Gasteiger partial charge is 0.497 e. The number of rotatable bonds is 14. The summed E-state index contributed by atoms with van der Waals surface area (Å²) in [6, 6.07) is 22.3. The molecule has 554 valence electrons. The molecule has 16 rings (SSSR count). The summed E-state index contributed by atoms with van der Waals surface area (Å²) in [6.07, 6.45) is 17.9. The number of ketones is 2. The molecule has 0 spiro atoms. The summed E-state index contributed by atoms with van der Waals surface area (Å²) in [5.74, 6) is 4.13. The van der Waals surface area contributed by atoms with Crippen LogP contribution in [-0.2, 0) is 81.7 Å². The highest BCUT2D eigenvalue weighted by atomic mass is 16.7. The molecule has 4 heterocycles. The van der Waals surface area contributed by atoms with Gasteiger partial charge in [-0.2, -0.15) is 5.26 Å². The Hall–Kier alpha value is -6.88. The van der Waals surface area contributed by atoms with Gasteiger partial charge in [0.1, 0.15) is 35.0 Å². The van der Waals surface area contributed by atoms with Gasteiger partial charge in [-0.25, -0.2) is 4.79 Å². The van der Waals surface area contributed by atoms with E-state index in [1.807, 2.05) is 50.2 Å². The number of carbonyl (C=O) groups excluding carboxylic acids is 4. The van der Waals surface area contributed by atoms with E-state index < -0.39 is 50.5 Å².